The van der Waals surface area contributed by atoms with Gasteiger partial charge in [-0.1, -0.05) is 11.6 Å². The smallest absolute Gasteiger partial charge is 0.123 e. The van der Waals surface area contributed by atoms with E-state index in [1.54, 1.807) is 7.11 Å². The number of nitrogens with two attached hydrogens (primary N) is 1. The van der Waals surface area contributed by atoms with Crippen molar-refractivity contribution in [1.82, 2.24) is 10.2 Å². The summed E-state index contributed by atoms with van der Waals surface area (Å²) in [5.74, 6) is 0.807. The number of piperazine rings is 1. The van der Waals surface area contributed by atoms with Gasteiger partial charge in [-0.2, -0.15) is 0 Å². The molecule has 1 aromatic rings. The van der Waals surface area contributed by atoms with Gasteiger partial charge in [0.25, 0.3) is 0 Å². The fourth-order valence-corrected chi connectivity index (χ4v) is 2.45. The van der Waals surface area contributed by atoms with Gasteiger partial charge in [0.1, 0.15) is 5.75 Å². The van der Waals surface area contributed by atoms with Crippen molar-refractivity contribution in [2.24, 2.45) is 5.73 Å². The molecule has 1 saturated heterocycles. The van der Waals surface area contributed by atoms with Crippen LogP contribution in [0.4, 0.5) is 0 Å². The molecule has 0 aromatic heterocycles. The van der Waals surface area contributed by atoms with Crippen LogP contribution in [0.1, 0.15) is 11.6 Å². The minimum atomic E-state index is -0.0725. The molecular formula is C13H20ClN3O. The molecule has 1 aliphatic heterocycles. The average molecular weight is 270 g/mol. The molecular weight excluding hydrogens is 250 g/mol. The number of benzene rings is 1. The quantitative estimate of drug-likeness (QED) is 0.864. The molecule has 1 fully saturated rings. The van der Waals surface area contributed by atoms with Crippen molar-refractivity contribution in [3.8, 4) is 5.75 Å². The average Bonchev–Trinajstić information content (AvgIpc) is 2.40. The van der Waals surface area contributed by atoms with E-state index in [9.17, 15) is 0 Å². The minimum absolute atomic E-state index is 0.0725. The Balaban J connectivity index is 2.07. The molecule has 1 unspecified atom stereocenters. The number of methoxy groups -OCH3 is 1. The lowest BCUT2D eigenvalue weighted by atomic mass is 10.1. The summed E-state index contributed by atoms with van der Waals surface area (Å²) in [5.41, 5.74) is 7.25. The monoisotopic (exact) mass is 269 g/mol. The highest BCUT2D eigenvalue weighted by Crippen LogP contribution is 2.27. The van der Waals surface area contributed by atoms with Crippen LogP contribution < -0.4 is 15.8 Å². The van der Waals surface area contributed by atoms with Crippen LogP contribution in [0.25, 0.3) is 0 Å². The van der Waals surface area contributed by atoms with E-state index in [1.807, 2.05) is 18.2 Å². The van der Waals surface area contributed by atoms with E-state index in [-0.39, 0.29) is 6.04 Å². The molecule has 0 radical (unpaired) electrons. The van der Waals surface area contributed by atoms with Crippen LogP contribution >= 0.6 is 11.6 Å². The summed E-state index contributed by atoms with van der Waals surface area (Å²) in [6.07, 6.45) is 0. The zero-order chi connectivity index (χ0) is 13.0. The predicted molar refractivity (Wildman–Crippen MR) is 74.2 cm³/mol. The van der Waals surface area contributed by atoms with Crippen LogP contribution in [0.5, 0.6) is 5.75 Å². The molecule has 1 aromatic carbocycles. The summed E-state index contributed by atoms with van der Waals surface area (Å²) in [6.45, 7) is 4.96. The third kappa shape index (κ3) is 3.36. The fourth-order valence-electron chi connectivity index (χ4n) is 2.27. The van der Waals surface area contributed by atoms with Gasteiger partial charge < -0.3 is 15.8 Å². The minimum Gasteiger partial charge on any atom is -0.496 e. The molecule has 0 aliphatic carbocycles. The van der Waals surface area contributed by atoms with Crippen LogP contribution in [0, 0.1) is 0 Å². The second-order valence-corrected chi connectivity index (χ2v) is 4.98. The molecule has 0 amide bonds. The summed E-state index contributed by atoms with van der Waals surface area (Å²) in [4.78, 5) is 2.36. The number of hydrogen-bond donors (Lipinski definition) is 2. The summed E-state index contributed by atoms with van der Waals surface area (Å²) in [5, 5.41) is 4.03. The van der Waals surface area contributed by atoms with Gasteiger partial charge in [0.15, 0.2) is 0 Å². The third-order valence-corrected chi connectivity index (χ3v) is 3.49. The van der Waals surface area contributed by atoms with Crippen LogP contribution in [0.3, 0.4) is 0 Å². The van der Waals surface area contributed by atoms with E-state index in [4.69, 9.17) is 22.1 Å². The van der Waals surface area contributed by atoms with Crippen molar-refractivity contribution in [2.75, 3.05) is 39.8 Å². The maximum absolute atomic E-state index is 6.27. The Morgan fingerprint density at radius 3 is 2.83 bits per heavy atom. The highest BCUT2D eigenvalue weighted by atomic mass is 35.5. The Hall–Kier alpha value is -0.810. The van der Waals surface area contributed by atoms with Gasteiger partial charge in [-0.3, -0.25) is 4.90 Å². The Kier molecular flexibility index (Phi) is 4.83. The lowest BCUT2D eigenvalue weighted by Crippen LogP contribution is -2.46. The summed E-state index contributed by atoms with van der Waals surface area (Å²) in [7, 11) is 1.66. The Bertz CT molecular complexity index is 394. The molecule has 3 N–H and O–H groups in total. The van der Waals surface area contributed by atoms with Gasteiger partial charge in [-0.05, 0) is 18.2 Å². The van der Waals surface area contributed by atoms with Crippen molar-refractivity contribution in [2.45, 2.75) is 6.04 Å². The van der Waals surface area contributed by atoms with E-state index < -0.39 is 0 Å². The number of rotatable bonds is 4. The number of halogens is 1. The van der Waals surface area contributed by atoms with E-state index in [1.165, 1.54) is 0 Å². The molecule has 0 bridgehead atoms. The molecule has 1 heterocycles. The molecule has 100 valence electrons. The van der Waals surface area contributed by atoms with E-state index in [0.29, 0.717) is 5.02 Å². The first-order chi connectivity index (χ1) is 8.70. The standard InChI is InChI=1S/C13H20ClN3O/c1-18-13-3-2-10(14)8-11(13)12(15)9-17-6-4-16-5-7-17/h2-3,8,12,16H,4-7,9,15H2,1H3. The third-order valence-electron chi connectivity index (χ3n) is 3.26. The van der Waals surface area contributed by atoms with Crippen molar-refractivity contribution in [3.05, 3.63) is 28.8 Å². The Morgan fingerprint density at radius 2 is 2.17 bits per heavy atom. The van der Waals surface area contributed by atoms with E-state index in [0.717, 1.165) is 44.0 Å². The maximum Gasteiger partial charge on any atom is 0.123 e. The van der Waals surface area contributed by atoms with E-state index in [2.05, 4.69) is 10.2 Å². The van der Waals surface area contributed by atoms with Crippen LogP contribution in [0.15, 0.2) is 18.2 Å². The largest absolute Gasteiger partial charge is 0.496 e. The Labute approximate surface area is 113 Å². The van der Waals surface area contributed by atoms with Gasteiger partial charge in [0.05, 0.1) is 7.11 Å². The SMILES string of the molecule is COc1ccc(Cl)cc1C(N)CN1CCNCC1. The first-order valence-electron chi connectivity index (χ1n) is 6.23. The molecule has 2 rings (SSSR count). The van der Waals surface area contributed by atoms with Crippen LogP contribution in [0.2, 0.25) is 5.02 Å². The van der Waals surface area contributed by atoms with Gasteiger partial charge in [-0.25, -0.2) is 0 Å². The zero-order valence-corrected chi connectivity index (χ0v) is 11.4. The zero-order valence-electron chi connectivity index (χ0n) is 10.7. The summed E-state index contributed by atoms with van der Waals surface area (Å²) < 4.78 is 5.34. The molecule has 0 saturated carbocycles. The molecule has 5 heteroatoms. The van der Waals surface area contributed by atoms with Crippen molar-refractivity contribution in [3.63, 3.8) is 0 Å². The van der Waals surface area contributed by atoms with Gasteiger partial charge in [0.2, 0.25) is 0 Å². The highest BCUT2D eigenvalue weighted by molar-refractivity contribution is 6.30. The van der Waals surface area contributed by atoms with E-state index >= 15 is 0 Å². The van der Waals surface area contributed by atoms with Gasteiger partial charge >= 0.3 is 0 Å². The number of ether oxygens (including phenoxy) is 1. The van der Waals surface area contributed by atoms with Crippen molar-refractivity contribution in [1.29, 1.82) is 0 Å². The normalized spacial score (nSPS) is 18.6. The number of hydrogen-bond acceptors (Lipinski definition) is 4. The lowest BCUT2D eigenvalue weighted by Gasteiger charge is -2.30. The van der Waals surface area contributed by atoms with Crippen LogP contribution in [-0.2, 0) is 0 Å². The molecule has 18 heavy (non-hydrogen) atoms. The first-order valence-corrected chi connectivity index (χ1v) is 6.60. The number of nitrogens with zero attached hydrogens (tertiary/aromatic N) is 1. The predicted octanol–water partition coefficient (Wildman–Crippen LogP) is 1.25. The summed E-state index contributed by atoms with van der Waals surface area (Å²) >= 11 is 6.03. The highest BCUT2D eigenvalue weighted by Gasteiger charge is 2.17. The van der Waals surface area contributed by atoms with Gasteiger partial charge in [-0.15, -0.1) is 0 Å². The topological polar surface area (TPSA) is 50.5 Å². The number of nitrogens with one attached hydrogen (secondary N) is 1. The lowest BCUT2D eigenvalue weighted by molar-refractivity contribution is 0.226. The molecule has 0 spiro atoms. The molecule has 4 nitrogen and oxygen atoms in total. The van der Waals surface area contributed by atoms with Crippen LogP contribution in [-0.4, -0.2) is 44.7 Å². The van der Waals surface area contributed by atoms with Crippen molar-refractivity contribution < 1.29 is 4.74 Å². The second-order valence-electron chi connectivity index (χ2n) is 4.54. The fraction of sp³-hybridized carbons (Fsp3) is 0.538. The summed E-state index contributed by atoms with van der Waals surface area (Å²) in [6, 6.07) is 5.51. The molecule has 1 atom stereocenters. The second kappa shape index (κ2) is 6.38. The first kappa shape index (κ1) is 13.6. The van der Waals surface area contributed by atoms with Crippen molar-refractivity contribution >= 4 is 11.6 Å². The molecule has 1 aliphatic rings. The van der Waals surface area contributed by atoms with Gasteiger partial charge in [0, 0.05) is 49.4 Å². The Morgan fingerprint density at radius 1 is 1.44 bits per heavy atom. The maximum atomic E-state index is 6.27.